The molecular weight excluding hydrogens is 198 g/mol. The van der Waals surface area contributed by atoms with E-state index in [1.165, 1.54) is 6.21 Å². The van der Waals surface area contributed by atoms with Crippen LogP contribution >= 0.6 is 0 Å². The van der Waals surface area contributed by atoms with Crippen LogP contribution in [0.3, 0.4) is 0 Å². The summed E-state index contributed by atoms with van der Waals surface area (Å²) in [7, 11) is 0. The molecular formula is C14H11NO. The maximum absolute atomic E-state index is 11.7. The van der Waals surface area contributed by atoms with Crippen LogP contribution in [-0.4, -0.2) is 12.0 Å². The van der Waals surface area contributed by atoms with Gasteiger partial charge in [0.1, 0.15) is 0 Å². The molecule has 0 aliphatic rings. The predicted molar refractivity (Wildman–Crippen MR) is 65.4 cm³/mol. The van der Waals surface area contributed by atoms with Gasteiger partial charge >= 0.3 is 0 Å². The van der Waals surface area contributed by atoms with Crippen LogP contribution in [0.1, 0.15) is 10.4 Å². The molecule has 0 fully saturated rings. The molecule has 2 aromatic carbocycles. The SMILES string of the molecule is O=C(C=Nc1ccccc1)c1ccccc1. The van der Waals surface area contributed by atoms with Crippen molar-refractivity contribution in [2.75, 3.05) is 0 Å². The van der Waals surface area contributed by atoms with E-state index >= 15 is 0 Å². The maximum atomic E-state index is 11.7. The van der Waals surface area contributed by atoms with Gasteiger partial charge in [0.2, 0.25) is 5.78 Å². The lowest BCUT2D eigenvalue weighted by Gasteiger charge is -1.94. The number of hydrogen-bond acceptors (Lipinski definition) is 2. The highest BCUT2D eigenvalue weighted by Crippen LogP contribution is 2.09. The van der Waals surface area contributed by atoms with E-state index in [-0.39, 0.29) is 5.78 Å². The van der Waals surface area contributed by atoms with E-state index in [2.05, 4.69) is 4.99 Å². The molecule has 0 heterocycles. The molecule has 0 aromatic heterocycles. The van der Waals surface area contributed by atoms with E-state index in [4.69, 9.17) is 0 Å². The highest BCUT2D eigenvalue weighted by Gasteiger charge is 1.99. The average Bonchev–Trinajstić information content (AvgIpc) is 2.38. The first-order chi connectivity index (χ1) is 7.86. The van der Waals surface area contributed by atoms with Crippen LogP contribution in [0.2, 0.25) is 0 Å². The first-order valence-corrected chi connectivity index (χ1v) is 5.05. The first-order valence-electron chi connectivity index (χ1n) is 5.05. The van der Waals surface area contributed by atoms with Crippen molar-refractivity contribution in [3.63, 3.8) is 0 Å². The van der Waals surface area contributed by atoms with Crippen molar-refractivity contribution >= 4 is 17.7 Å². The molecule has 0 bridgehead atoms. The van der Waals surface area contributed by atoms with Gasteiger partial charge in [0, 0.05) is 5.56 Å². The fraction of sp³-hybridized carbons (Fsp3) is 0. The van der Waals surface area contributed by atoms with E-state index < -0.39 is 0 Å². The third-order valence-corrected chi connectivity index (χ3v) is 2.15. The molecule has 0 radical (unpaired) electrons. The average molecular weight is 209 g/mol. The van der Waals surface area contributed by atoms with E-state index in [0.29, 0.717) is 5.56 Å². The van der Waals surface area contributed by atoms with Crippen LogP contribution in [0.4, 0.5) is 5.69 Å². The molecule has 2 rings (SSSR count). The molecule has 0 spiro atoms. The number of Topliss-reactive ketones (excluding diaryl/α,β-unsaturated/α-hetero) is 1. The monoisotopic (exact) mass is 209 g/mol. The number of aliphatic imine (C=N–C) groups is 1. The van der Waals surface area contributed by atoms with Crippen molar-refractivity contribution in [2.45, 2.75) is 0 Å². The summed E-state index contributed by atoms with van der Waals surface area (Å²) in [6.45, 7) is 0. The van der Waals surface area contributed by atoms with Crippen LogP contribution < -0.4 is 0 Å². The number of hydrogen-bond donors (Lipinski definition) is 0. The lowest BCUT2D eigenvalue weighted by molar-refractivity contribution is 0.107. The van der Waals surface area contributed by atoms with Gasteiger partial charge in [-0.25, -0.2) is 0 Å². The highest BCUT2D eigenvalue weighted by atomic mass is 16.1. The number of carbonyl (C=O) groups is 1. The van der Waals surface area contributed by atoms with Crippen molar-refractivity contribution in [2.24, 2.45) is 4.99 Å². The van der Waals surface area contributed by atoms with Gasteiger partial charge in [-0.15, -0.1) is 0 Å². The topological polar surface area (TPSA) is 29.4 Å². The van der Waals surface area contributed by atoms with Gasteiger partial charge in [-0.3, -0.25) is 9.79 Å². The van der Waals surface area contributed by atoms with Gasteiger partial charge in [-0.1, -0.05) is 48.5 Å². The minimum absolute atomic E-state index is 0.0792. The maximum Gasteiger partial charge on any atom is 0.204 e. The second-order valence-electron chi connectivity index (χ2n) is 3.32. The number of rotatable bonds is 3. The van der Waals surface area contributed by atoms with Crippen LogP contribution in [0, 0.1) is 0 Å². The third kappa shape index (κ3) is 2.64. The highest BCUT2D eigenvalue weighted by molar-refractivity contribution is 6.35. The Hall–Kier alpha value is -2.22. The molecule has 78 valence electrons. The zero-order valence-corrected chi connectivity index (χ0v) is 8.71. The van der Waals surface area contributed by atoms with Crippen LogP contribution in [0.5, 0.6) is 0 Å². The van der Waals surface area contributed by atoms with Crippen molar-refractivity contribution in [1.29, 1.82) is 0 Å². The van der Waals surface area contributed by atoms with E-state index in [1.807, 2.05) is 48.5 Å². The summed E-state index contributed by atoms with van der Waals surface area (Å²) in [5, 5.41) is 0. The quantitative estimate of drug-likeness (QED) is 0.563. The molecule has 0 N–H and O–H groups in total. The Morgan fingerprint density at radius 3 is 2.06 bits per heavy atom. The lowest BCUT2D eigenvalue weighted by atomic mass is 10.1. The predicted octanol–water partition coefficient (Wildman–Crippen LogP) is 3.27. The van der Waals surface area contributed by atoms with Crippen molar-refractivity contribution < 1.29 is 4.79 Å². The number of para-hydroxylation sites is 1. The van der Waals surface area contributed by atoms with Crippen molar-refractivity contribution in [3.8, 4) is 0 Å². The Bertz CT molecular complexity index is 489. The van der Waals surface area contributed by atoms with E-state index in [1.54, 1.807) is 12.1 Å². The van der Waals surface area contributed by atoms with Gasteiger partial charge in [0.15, 0.2) is 0 Å². The normalized spacial score (nSPS) is 10.5. The minimum atomic E-state index is -0.0792. The molecule has 0 atom stereocenters. The van der Waals surface area contributed by atoms with Crippen LogP contribution in [0.15, 0.2) is 65.7 Å². The van der Waals surface area contributed by atoms with Gasteiger partial charge < -0.3 is 0 Å². The third-order valence-electron chi connectivity index (χ3n) is 2.15. The van der Waals surface area contributed by atoms with E-state index in [0.717, 1.165) is 5.69 Å². The molecule has 0 saturated carbocycles. The molecule has 2 nitrogen and oxygen atoms in total. The number of carbonyl (C=O) groups excluding carboxylic acids is 1. The molecule has 0 aliphatic carbocycles. The Kier molecular flexibility index (Phi) is 3.24. The summed E-state index contributed by atoms with van der Waals surface area (Å²) in [5.74, 6) is -0.0792. The van der Waals surface area contributed by atoms with Crippen LogP contribution in [-0.2, 0) is 0 Å². The van der Waals surface area contributed by atoms with Gasteiger partial charge in [0.25, 0.3) is 0 Å². The smallest absolute Gasteiger partial charge is 0.204 e. The molecule has 0 amide bonds. The van der Waals surface area contributed by atoms with Gasteiger partial charge in [-0.2, -0.15) is 0 Å². The Morgan fingerprint density at radius 1 is 0.875 bits per heavy atom. The number of benzene rings is 2. The largest absolute Gasteiger partial charge is 0.288 e. The standard InChI is InChI=1S/C14H11NO/c16-14(12-7-3-1-4-8-12)11-15-13-9-5-2-6-10-13/h1-11H. The van der Waals surface area contributed by atoms with Gasteiger partial charge in [0.05, 0.1) is 11.9 Å². The summed E-state index contributed by atoms with van der Waals surface area (Å²) < 4.78 is 0. The lowest BCUT2D eigenvalue weighted by Crippen LogP contribution is -1.98. The zero-order valence-electron chi connectivity index (χ0n) is 8.71. The minimum Gasteiger partial charge on any atom is -0.288 e. The van der Waals surface area contributed by atoms with Gasteiger partial charge in [-0.05, 0) is 12.1 Å². The Labute approximate surface area is 94.3 Å². The first kappa shape index (κ1) is 10.3. The fourth-order valence-electron chi connectivity index (χ4n) is 1.32. The van der Waals surface area contributed by atoms with Crippen molar-refractivity contribution in [3.05, 3.63) is 66.2 Å². The Balaban J connectivity index is 2.12. The summed E-state index contributed by atoms with van der Waals surface area (Å²) in [6.07, 6.45) is 1.35. The summed E-state index contributed by atoms with van der Waals surface area (Å²) in [4.78, 5) is 15.8. The molecule has 2 heteroatoms. The number of ketones is 1. The van der Waals surface area contributed by atoms with Crippen molar-refractivity contribution in [1.82, 2.24) is 0 Å². The molecule has 16 heavy (non-hydrogen) atoms. The second-order valence-corrected chi connectivity index (χ2v) is 3.32. The molecule has 2 aromatic rings. The summed E-state index contributed by atoms with van der Waals surface area (Å²) in [5.41, 5.74) is 1.44. The fourth-order valence-corrected chi connectivity index (χ4v) is 1.32. The number of nitrogens with zero attached hydrogens (tertiary/aromatic N) is 1. The van der Waals surface area contributed by atoms with E-state index in [9.17, 15) is 4.79 Å². The van der Waals surface area contributed by atoms with Crippen LogP contribution in [0.25, 0.3) is 0 Å². The molecule has 0 aliphatic heterocycles. The molecule has 0 unspecified atom stereocenters. The Morgan fingerprint density at radius 2 is 1.44 bits per heavy atom. The zero-order chi connectivity index (χ0) is 11.2. The summed E-state index contributed by atoms with van der Waals surface area (Å²) in [6, 6.07) is 18.5. The second kappa shape index (κ2) is 5.03. The molecule has 0 saturated heterocycles. The summed E-state index contributed by atoms with van der Waals surface area (Å²) >= 11 is 0.